The minimum atomic E-state index is -0.634. The summed E-state index contributed by atoms with van der Waals surface area (Å²) in [5.74, 6) is 1.49. The van der Waals surface area contributed by atoms with Crippen molar-refractivity contribution in [3.05, 3.63) is 24.3 Å². The number of amides is 2. The van der Waals surface area contributed by atoms with Crippen LogP contribution < -0.4 is 14.8 Å². The summed E-state index contributed by atoms with van der Waals surface area (Å²) < 4.78 is 11.2. The summed E-state index contributed by atoms with van der Waals surface area (Å²) >= 11 is 0. The Morgan fingerprint density at radius 3 is 2.91 bits per heavy atom. The molecule has 0 saturated carbocycles. The normalized spacial score (nSPS) is 21.2. The Kier molecular flexibility index (Phi) is 4.69. The van der Waals surface area contributed by atoms with Crippen LogP contribution in [0.25, 0.3) is 0 Å². The van der Waals surface area contributed by atoms with Gasteiger partial charge in [-0.1, -0.05) is 19.1 Å². The molecule has 0 bridgehead atoms. The highest BCUT2D eigenvalue weighted by molar-refractivity contribution is 5.81. The zero-order valence-corrected chi connectivity index (χ0v) is 13.3. The quantitative estimate of drug-likeness (QED) is 0.886. The summed E-state index contributed by atoms with van der Waals surface area (Å²) in [6.45, 7) is 4.27. The third-order valence-corrected chi connectivity index (χ3v) is 4.13. The summed E-state index contributed by atoms with van der Waals surface area (Å²) in [6, 6.07) is 7.32. The number of para-hydroxylation sites is 2. The molecular formula is C17H22N2O4. The Morgan fingerprint density at radius 1 is 1.39 bits per heavy atom. The van der Waals surface area contributed by atoms with Crippen molar-refractivity contribution in [3.63, 3.8) is 0 Å². The van der Waals surface area contributed by atoms with E-state index >= 15 is 0 Å². The topological polar surface area (TPSA) is 67.9 Å². The minimum absolute atomic E-state index is 0.181. The molecule has 0 spiro atoms. The van der Waals surface area contributed by atoms with Gasteiger partial charge in [-0.05, 0) is 24.5 Å². The number of hydrogen-bond donors (Lipinski definition) is 1. The van der Waals surface area contributed by atoms with Crippen molar-refractivity contribution in [2.24, 2.45) is 5.92 Å². The van der Waals surface area contributed by atoms with Crippen LogP contribution in [0, 0.1) is 5.92 Å². The predicted molar refractivity (Wildman–Crippen MR) is 84.3 cm³/mol. The summed E-state index contributed by atoms with van der Waals surface area (Å²) in [6.07, 6.45) is 0.946. The number of nitrogens with one attached hydrogen (secondary N) is 1. The molecule has 2 aliphatic rings. The molecule has 124 valence electrons. The van der Waals surface area contributed by atoms with Crippen molar-refractivity contribution < 1.29 is 19.1 Å². The molecule has 23 heavy (non-hydrogen) atoms. The Hall–Kier alpha value is -2.24. The van der Waals surface area contributed by atoms with Gasteiger partial charge in [-0.15, -0.1) is 0 Å². The van der Waals surface area contributed by atoms with Gasteiger partial charge < -0.3 is 19.7 Å². The van der Waals surface area contributed by atoms with E-state index in [1.165, 1.54) is 0 Å². The number of fused-ring (bicyclic) bond motifs is 1. The zero-order valence-electron chi connectivity index (χ0n) is 13.3. The summed E-state index contributed by atoms with van der Waals surface area (Å²) in [4.78, 5) is 25.7. The van der Waals surface area contributed by atoms with Crippen LogP contribution >= 0.6 is 0 Å². The molecule has 0 unspecified atom stereocenters. The van der Waals surface area contributed by atoms with E-state index < -0.39 is 6.10 Å². The third-order valence-electron chi connectivity index (χ3n) is 4.13. The molecule has 2 atom stereocenters. The van der Waals surface area contributed by atoms with Crippen LogP contribution in [-0.2, 0) is 9.59 Å². The SMILES string of the molecule is C[C@@H](CNC(=O)[C@@H]1COc2ccccc2O1)CN1CCCC1=O. The van der Waals surface area contributed by atoms with E-state index in [0.717, 1.165) is 13.0 Å². The van der Waals surface area contributed by atoms with Crippen molar-refractivity contribution in [1.82, 2.24) is 10.2 Å². The average Bonchev–Trinajstić information content (AvgIpc) is 2.97. The molecule has 1 N–H and O–H groups in total. The Morgan fingerprint density at radius 2 is 2.17 bits per heavy atom. The van der Waals surface area contributed by atoms with Gasteiger partial charge in [0.1, 0.15) is 6.61 Å². The Balaban J connectivity index is 1.45. The van der Waals surface area contributed by atoms with Gasteiger partial charge in [0.25, 0.3) is 5.91 Å². The first-order valence-corrected chi connectivity index (χ1v) is 8.07. The van der Waals surface area contributed by atoms with E-state index in [-0.39, 0.29) is 24.3 Å². The molecule has 0 aliphatic carbocycles. The van der Waals surface area contributed by atoms with E-state index in [9.17, 15) is 9.59 Å². The largest absolute Gasteiger partial charge is 0.485 e. The van der Waals surface area contributed by atoms with Gasteiger partial charge in [-0.3, -0.25) is 9.59 Å². The molecule has 6 nitrogen and oxygen atoms in total. The fraction of sp³-hybridized carbons (Fsp3) is 0.529. The minimum Gasteiger partial charge on any atom is -0.485 e. The number of benzene rings is 1. The number of rotatable bonds is 5. The molecule has 0 aromatic heterocycles. The number of likely N-dealkylation sites (tertiary alicyclic amines) is 1. The zero-order chi connectivity index (χ0) is 16.2. The standard InChI is InChI=1S/C17H22N2O4/c1-12(10-19-8-4-7-16(19)20)9-18-17(21)15-11-22-13-5-2-3-6-14(13)23-15/h2-3,5-6,12,15H,4,7-11H2,1H3,(H,18,21)/t12-,15-/m0/s1. The number of nitrogens with zero attached hydrogens (tertiary/aromatic N) is 1. The maximum atomic E-state index is 12.2. The molecule has 2 amide bonds. The van der Waals surface area contributed by atoms with Gasteiger partial charge in [-0.2, -0.15) is 0 Å². The summed E-state index contributed by atoms with van der Waals surface area (Å²) in [7, 11) is 0. The van der Waals surface area contributed by atoms with Crippen molar-refractivity contribution in [3.8, 4) is 11.5 Å². The van der Waals surface area contributed by atoms with Gasteiger partial charge in [-0.25, -0.2) is 0 Å². The molecule has 2 heterocycles. The van der Waals surface area contributed by atoms with Crippen molar-refractivity contribution in [2.75, 3.05) is 26.2 Å². The van der Waals surface area contributed by atoms with Gasteiger partial charge >= 0.3 is 0 Å². The first kappa shape index (κ1) is 15.6. The van der Waals surface area contributed by atoms with Crippen molar-refractivity contribution in [1.29, 1.82) is 0 Å². The molecule has 2 aliphatic heterocycles. The van der Waals surface area contributed by atoms with Crippen LogP contribution in [0.15, 0.2) is 24.3 Å². The highest BCUT2D eigenvalue weighted by Crippen LogP contribution is 2.30. The number of hydrogen-bond acceptors (Lipinski definition) is 4. The number of ether oxygens (including phenoxy) is 2. The number of carbonyl (C=O) groups is 2. The smallest absolute Gasteiger partial charge is 0.264 e. The maximum Gasteiger partial charge on any atom is 0.264 e. The van der Waals surface area contributed by atoms with Crippen LogP contribution in [0.1, 0.15) is 19.8 Å². The van der Waals surface area contributed by atoms with E-state index in [1.54, 1.807) is 6.07 Å². The predicted octanol–water partition coefficient (Wildman–Crippen LogP) is 1.20. The monoisotopic (exact) mass is 318 g/mol. The Labute approximate surface area is 135 Å². The molecule has 1 aromatic carbocycles. The lowest BCUT2D eigenvalue weighted by molar-refractivity contribution is -0.130. The highest BCUT2D eigenvalue weighted by Gasteiger charge is 2.28. The van der Waals surface area contributed by atoms with Crippen LogP contribution in [0.3, 0.4) is 0 Å². The van der Waals surface area contributed by atoms with E-state index in [4.69, 9.17) is 9.47 Å². The molecule has 6 heteroatoms. The fourth-order valence-electron chi connectivity index (χ4n) is 2.88. The lowest BCUT2D eigenvalue weighted by Gasteiger charge is -2.26. The van der Waals surface area contributed by atoms with Crippen LogP contribution in [0.2, 0.25) is 0 Å². The maximum absolute atomic E-state index is 12.2. The highest BCUT2D eigenvalue weighted by atomic mass is 16.6. The van der Waals surface area contributed by atoms with Crippen LogP contribution in [-0.4, -0.2) is 49.1 Å². The molecule has 0 radical (unpaired) electrons. The van der Waals surface area contributed by atoms with Gasteiger partial charge in [0.2, 0.25) is 12.0 Å². The second-order valence-electron chi connectivity index (χ2n) is 6.16. The number of carbonyl (C=O) groups excluding carboxylic acids is 2. The van der Waals surface area contributed by atoms with E-state index in [1.807, 2.05) is 30.0 Å². The second kappa shape index (κ2) is 6.89. The Bertz CT molecular complexity index is 590. The lowest BCUT2D eigenvalue weighted by Crippen LogP contribution is -2.46. The molecular weight excluding hydrogens is 296 g/mol. The third kappa shape index (κ3) is 3.75. The van der Waals surface area contributed by atoms with Crippen molar-refractivity contribution >= 4 is 11.8 Å². The van der Waals surface area contributed by atoms with Crippen LogP contribution in [0.4, 0.5) is 0 Å². The van der Waals surface area contributed by atoms with Crippen LogP contribution in [0.5, 0.6) is 11.5 Å². The van der Waals surface area contributed by atoms with Gasteiger partial charge in [0.15, 0.2) is 11.5 Å². The van der Waals surface area contributed by atoms with Crippen molar-refractivity contribution in [2.45, 2.75) is 25.9 Å². The fourth-order valence-corrected chi connectivity index (χ4v) is 2.88. The van der Waals surface area contributed by atoms with E-state index in [2.05, 4.69) is 5.32 Å². The summed E-state index contributed by atoms with van der Waals surface area (Å²) in [5, 5.41) is 2.89. The second-order valence-corrected chi connectivity index (χ2v) is 6.16. The van der Waals surface area contributed by atoms with Gasteiger partial charge in [0, 0.05) is 26.1 Å². The lowest BCUT2D eigenvalue weighted by atomic mass is 10.1. The van der Waals surface area contributed by atoms with E-state index in [0.29, 0.717) is 31.0 Å². The molecule has 1 aromatic rings. The molecule has 3 rings (SSSR count). The molecule has 1 fully saturated rings. The summed E-state index contributed by atoms with van der Waals surface area (Å²) in [5.41, 5.74) is 0. The molecule has 1 saturated heterocycles. The van der Waals surface area contributed by atoms with Gasteiger partial charge in [0.05, 0.1) is 0 Å². The first-order valence-electron chi connectivity index (χ1n) is 8.07. The first-order chi connectivity index (χ1) is 11.1. The average molecular weight is 318 g/mol.